The van der Waals surface area contributed by atoms with Crippen LogP contribution >= 0.6 is 0 Å². The molecule has 0 saturated carbocycles. The van der Waals surface area contributed by atoms with E-state index in [9.17, 15) is 9.59 Å². The molecule has 0 spiro atoms. The number of carbonyl (C=O) groups excluding carboxylic acids is 2. The van der Waals surface area contributed by atoms with Crippen LogP contribution in [0.1, 0.15) is 126 Å². The molecule has 2 heteroatoms. The van der Waals surface area contributed by atoms with Crippen LogP contribution in [0.3, 0.4) is 0 Å². The van der Waals surface area contributed by atoms with Crippen molar-refractivity contribution in [2.45, 2.75) is 105 Å². The molecule has 0 amide bonds. The average molecular weight is 451 g/mol. The quantitative estimate of drug-likeness (QED) is 0.250. The molecule has 0 fully saturated rings. The van der Waals surface area contributed by atoms with Crippen molar-refractivity contribution in [1.29, 1.82) is 0 Å². The maximum Gasteiger partial charge on any atom is 0.190 e. The summed E-state index contributed by atoms with van der Waals surface area (Å²) in [7, 11) is 0. The van der Waals surface area contributed by atoms with Crippen molar-refractivity contribution in [3.63, 3.8) is 0 Å². The van der Waals surface area contributed by atoms with Gasteiger partial charge in [0.1, 0.15) is 0 Å². The van der Waals surface area contributed by atoms with Gasteiger partial charge >= 0.3 is 0 Å². The van der Waals surface area contributed by atoms with Crippen molar-refractivity contribution in [1.82, 2.24) is 0 Å². The zero-order chi connectivity index (χ0) is 24.4. The van der Waals surface area contributed by atoms with Crippen molar-refractivity contribution >= 4 is 11.6 Å². The van der Waals surface area contributed by atoms with Gasteiger partial charge in [0, 0.05) is 22.3 Å². The highest BCUT2D eigenvalue weighted by atomic mass is 16.1. The lowest BCUT2D eigenvalue weighted by Gasteiger charge is -2.19. The van der Waals surface area contributed by atoms with Crippen molar-refractivity contribution in [2.75, 3.05) is 0 Å². The highest BCUT2D eigenvalue weighted by Gasteiger charge is 2.29. The second-order valence-electron chi connectivity index (χ2n) is 10.9. The van der Waals surface area contributed by atoms with Crippen LogP contribution in [-0.4, -0.2) is 11.6 Å². The fraction of sp³-hybridized carbons (Fsp3) is 0.613. The van der Waals surface area contributed by atoms with Gasteiger partial charge in [-0.3, -0.25) is 9.59 Å². The lowest BCUT2D eigenvalue weighted by Crippen LogP contribution is -2.20. The van der Waals surface area contributed by atoms with E-state index in [2.05, 4.69) is 34.3 Å². The van der Waals surface area contributed by atoms with Gasteiger partial charge < -0.3 is 0 Å². The van der Waals surface area contributed by atoms with Gasteiger partial charge in [-0.25, -0.2) is 0 Å². The van der Waals surface area contributed by atoms with E-state index in [0.29, 0.717) is 28.7 Å². The molecule has 0 aliphatic heterocycles. The lowest BCUT2D eigenvalue weighted by molar-refractivity contribution is 0.0972. The first kappa shape index (κ1) is 27.3. The molecule has 0 radical (unpaired) electrons. The molecule has 0 aromatic heterocycles. The van der Waals surface area contributed by atoms with Crippen LogP contribution in [0.2, 0.25) is 0 Å². The third-order valence-corrected chi connectivity index (χ3v) is 7.31. The Labute approximate surface area is 202 Å². The number of allylic oxidation sites excluding steroid dienone is 3. The number of hydrogen-bond acceptors (Lipinski definition) is 2. The van der Waals surface area contributed by atoms with Gasteiger partial charge in [-0.15, -0.1) is 0 Å². The molecule has 1 aromatic rings. The van der Waals surface area contributed by atoms with Crippen LogP contribution in [-0.2, 0) is 0 Å². The summed E-state index contributed by atoms with van der Waals surface area (Å²) < 4.78 is 0. The smallest absolute Gasteiger partial charge is 0.190 e. The molecule has 0 saturated heterocycles. The summed E-state index contributed by atoms with van der Waals surface area (Å²) in [6.45, 7) is 15.5. The molecule has 0 N–H and O–H groups in total. The van der Waals surface area contributed by atoms with E-state index in [1.807, 2.05) is 12.1 Å². The molecule has 1 aromatic carbocycles. The summed E-state index contributed by atoms with van der Waals surface area (Å²) >= 11 is 0. The van der Waals surface area contributed by atoms with Crippen LogP contribution in [0.15, 0.2) is 47.6 Å². The maximum atomic E-state index is 12.9. The van der Waals surface area contributed by atoms with Crippen molar-refractivity contribution in [3.05, 3.63) is 58.7 Å². The van der Waals surface area contributed by atoms with Gasteiger partial charge in [0.15, 0.2) is 11.6 Å². The minimum atomic E-state index is -0.00567. The molecule has 1 aliphatic rings. The standard InChI is InChI=1S/C31H46O2/c1-22(2)12-9-13-23(3)14-10-15-24(4)16-11-17-25(5)20-21-27-26(6)30(32)28-18-7-8-19-29(28)31(27)33/h7-8,18-19,22-24H,5,9-17,20-21H2,1-4,6H3/t23-,24-/m1/s1. The zero-order valence-electron chi connectivity index (χ0n) is 21.8. The van der Waals surface area contributed by atoms with E-state index in [0.717, 1.165) is 37.0 Å². The van der Waals surface area contributed by atoms with Crippen LogP contribution in [0.5, 0.6) is 0 Å². The Bertz CT molecular complexity index is 842. The van der Waals surface area contributed by atoms with Crippen LogP contribution in [0, 0.1) is 17.8 Å². The topological polar surface area (TPSA) is 34.1 Å². The number of carbonyl (C=O) groups is 2. The molecule has 1 aliphatic carbocycles. The predicted molar refractivity (Wildman–Crippen MR) is 141 cm³/mol. The third-order valence-electron chi connectivity index (χ3n) is 7.31. The van der Waals surface area contributed by atoms with Gasteiger partial charge in [0.05, 0.1) is 0 Å². The number of fused-ring (bicyclic) bond motifs is 1. The van der Waals surface area contributed by atoms with Gasteiger partial charge in [-0.2, -0.15) is 0 Å². The first-order valence-corrected chi connectivity index (χ1v) is 13.3. The third kappa shape index (κ3) is 8.72. The fourth-order valence-electron chi connectivity index (χ4n) is 4.96. The first-order valence-electron chi connectivity index (χ1n) is 13.3. The number of rotatable bonds is 15. The van der Waals surface area contributed by atoms with E-state index < -0.39 is 0 Å². The second kappa shape index (κ2) is 13.7. The van der Waals surface area contributed by atoms with Crippen LogP contribution in [0.25, 0.3) is 0 Å². The average Bonchev–Trinajstić information content (AvgIpc) is 2.77. The minimum absolute atomic E-state index is 0.00567. The van der Waals surface area contributed by atoms with Gasteiger partial charge in [-0.1, -0.05) is 109 Å². The monoisotopic (exact) mass is 450 g/mol. The molecule has 0 unspecified atom stereocenters. The Morgan fingerprint density at radius 3 is 1.85 bits per heavy atom. The summed E-state index contributed by atoms with van der Waals surface area (Å²) in [6.07, 6.45) is 13.0. The predicted octanol–water partition coefficient (Wildman–Crippen LogP) is 9.16. The Kier molecular flexibility index (Phi) is 11.3. The summed E-state index contributed by atoms with van der Waals surface area (Å²) in [6, 6.07) is 7.17. The second-order valence-corrected chi connectivity index (χ2v) is 10.9. The molecule has 182 valence electrons. The fourth-order valence-corrected chi connectivity index (χ4v) is 4.96. The van der Waals surface area contributed by atoms with E-state index in [1.165, 1.54) is 50.5 Å². The molecular formula is C31H46O2. The van der Waals surface area contributed by atoms with Crippen LogP contribution < -0.4 is 0 Å². The Balaban J connectivity index is 1.65. The normalized spacial score (nSPS) is 15.7. The molecule has 0 heterocycles. The Morgan fingerprint density at radius 2 is 1.27 bits per heavy atom. The largest absolute Gasteiger partial charge is 0.289 e. The molecule has 0 bridgehead atoms. The lowest BCUT2D eigenvalue weighted by atomic mass is 9.82. The molecule has 33 heavy (non-hydrogen) atoms. The van der Waals surface area contributed by atoms with Gasteiger partial charge in [0.2, 0.25) is 0 Å². The summed E-state index contributed by atoms with van der Waals surface area (Å²) in [5.41, 5.74) is 3.58. The van der Waals surface area contributed by atoms with Crippen LogP contribution in [0.4, 0.5) is 0 Å². The zero-order valence-corrected chi connectivity index (χ0v) is 21.8. The summed E-state index contributed by atoms with van der Waals surface area (Å²) in [5.74, 6) is 2.46. The summed E-state index contributed by atoms with van der Waals surface area (Å²) in [5, 5.41) is 0. The van der Waals surface area contributed by atoms with E-state index in [-0.39, 0.29) is 11.6 Å². The molecule has 2 rings (SSSR count). The molecule has 2 nitrogen and oxygen atoms in total. The minimum Gasteiger partial charge on any atom is -0.289 e. The van der Waals surface area contributed by atoms with Gasteiger partial charge in [-0.05, 0) is 50.4 Å². The van der Waals surface area contributed by atoms with E-state index in [4.69, 9.17) is 0 Å². The summed E-state index contributed by atoms with van der Waals surface area (Å²) in [4.78, 5) is 25.5. The van der Waals surface area contributed by atoms with Crippen molar-refractivity contribution < 1.29 is 9.59 Å². The molecule has 2 atom stereocenters. The molecular weight excluding hydrogens is 404 g/mol. The first-order chi connectivity index (χ1) is 15.7. The Morgan fingerprint density at radius 1 is 0.758 bits per heavy atom. The number of benzene rings is 1. The number of Topliss-reactive ketones (excluding diaryl/α,β-unsaturated/α-hetero) is 2. The van der Waals surface area contributed by atoms with Crippen molar-refractivity contribution in [2.24, 2.45) is 17.8 Å². The van der Waals surface area contributed by atoms with Crippen molar-refractivity contribution in [3.8, 4) is 0 Å². The van der Waals surface area contributed by atoms with E-state index >= 15 is 0 Å². The SMILES string of the molecule is C=C(CCC[C@H](C)CCC[C@H](C)CCCC(C)C)CCC1=C(C)C(=O)c2ccccc2C1=O. The van der Waals surface area contributed by atoms with E-state index in [1.54, 1.807) is 19.1 Å². The maximum absolute atomic E-state index is 12.9. The number of ketones is 2. The van der Waals surface area contributed by atoms with Gasteiger partial charge in [0.25, 0.3) is 0 Å². The number of hydrogen-bond donors (Lipinski definition) is 0. The highest BCUT2D eigenvalue weighted by Crippen LogP contribution is 2.30. The highest BCUT2D eigenvalue weighted by molar-refractivity contribution is 6.26. The Hall–Kier alpha value is -1.96.